The van der Waals surface area contributed by atoms with Crippen LogP contribution in [0.1, 0.15) is 20.3 Å². The summed E-state index contributed by atoms with van der Waals surface area (Å²) < 4.78 is 20.2. The van der Waals surface area contributed by atoms with E-state index in [0.29, 0.717) is 12.8 Å². The van der Waals surface area contributed by atoms with Gasteiger partial charge in [-0.3, -0.25) is 4.57 Å². The lowest BCUT2D eigenvalue weighted by molar-refractivity contribution is 0.209. The van der Waals surface area contributed by atoms with Crippen LogP contribution < -0.4 is 5.90 Å². The second-order valence-electron chi connectivity index (χ2n) is 1.87. The molecule has 0 bridgehead atoms. The van der Waals surface area contributed by atoms with E-state index in [1.807, 2.05) is 6.92 Å². The minimum atomic E-state index is -2.92. The standard InChI is InChI=1S/C5H14NO3P/c1-3-5-8-10(7,4-2)9-6/h3-6H2,1-2H3. The third kappa shape index (κ3) is 3.32. The predicted octanol–water partition coefficient (Wildman–Crippen LogP) is 1.52. The van der Waals surface area contributed by atoms with E-state index in [4.69, 9.17) is 10.4 Å². The van der Waals surface area contributed by atoms with E-state index in [-0.39, 0.29) is 0 Å². The molecule has 5 heteroatoms. The summed E-state index contributed by atoms with van der Waals surface area (Å²) in [6.45, 7) is 4.07. The largest absolute Gasteiger partial charge is 0.346 e. The first-order valence-electron chi connectivity index (χ1n) is 3.30. The van der Waals surface area contributed by atoms with E-state index in [2.05, 4.69) is 4.62 Å². The maximum atomic E-state index is 11.1. The lowest BCUT2D eigenvalue weighted by Crippen LogP contribution is -2.03. The second-order valence-corrected chi connectivity index (χ2v) is 4.19. The predicted molar refractivity (Wildman–Crippen MR) is 39.7 cm³/mol. The van der Waals surface area contributed by atoms with Gasteiger partial charge in [-0.1, -0.05) is 13.8 Å². The highest BCUT2D eigenvalue weighted by Gasteiger charge is 2.19. The summed E-state index contributed by atoms with van der Waals surface area (Å²) in [6, 6.07) is 0. The van der Waals surface area contributed by atoms with Crippen molar-refractivity contribution in [3.05, 3.63) is 0 Å². The van der Waals surface area contributed by atoms with Gasteiger partial charge in [0.15, 0.2) is 0 Å². The second kappa shape index (κ2) is 4.85. The molecule has 0 amide bonds. The molecule has 4 nitrogen and oxygen atoms in total. The molecule has 0 rings (SSSR count). The average Bonchev–Trinajstić information content (AvgIpc) is 2.00. The van der Waals surface area contributed by atoms with Gasteiger partial charge >= 0.3 is 7.60 Å². The minimum absolute atomic E-state index is 0.323. The molecule has 2 N–H and O–H groups in total. The minimum Gasteiger partial charge on any atom is -0.308 e. The first-order valence-corrected chi connectivity index (χ1v) is 5.03. The van der Waals surface area contributed by atoms with E-state index in [1.54, 1.807) is 6.92 Å². The molecule has 0 aliphatic heterocycles. The third-order valence-electron chi connectivity index (χ3n) is 1.04. The Balaban J connectivity index is 3.70. The Hall–Kier alpha value is 0.110. The fourth-order valence-corrected chi connectivity index (χ4v) is 1.28. The SMILES string of the molecule is CCCOP(=O)(CC)ON. The van der Waals surface area contributed by atoms with Crippen molar-refractivity contribution in [2.45, 2.75) is 20.3 Å². The van der Waals surface area contributed by atoms with Crippen molar-refractivity contribution in [2.24, 2.45) is 5.90 Å². The van der Waals surface area contributed by atoms with E-state index < -0.39 is 7.60 Å². The Morgan fingerprint density at radius 2 is 2.10 bits per heavy atom. The topological polar surface area (TPSA) is 61.5 Å². The molecule has 0 fully saturated rings. The molecule has 1 unspecified atom stereocenters. The van der Waals surface area contributed by atoms with Crippen molar-refractivity contribution in [3.8, 4) is 0 Å². The van der Waals surface area contributed by atoms with Gasteiger partial charge in [-0.05, 0) is 6.42 Å². The fourth-order valence-electron chi connectivity index (χ4n) is 0.427. The van der Waals surface area contributed by atoms with Crippen LogP contribution in [0.3, 0.4) is 0 Å². The van der Waals surface area contributed by atoms with E-state index >= 15 is 0 Å². The highest BCUT2D eigenvalue weighted by atomic mass is 31.2. The summed E-state index contributed by atoms with van der Waals surface area (Å²) in [5.41, 5.74) is 0. The summed E-state index contributed by atoms with van der Waals surface area (Å²) in [4.78, 5) is 0. The van der Waals surface area contributed by atoms with Gasteiger partial charge in [0.1, 0.15) is 0 Å². The van der Waals surface area contributed by atoms with Gasteiger partial charge in [0.25, 0.3) is 0 Å². The maximum Gasteiger partial charge on any atom is 0.346 e. The summed E-state index contributed by atoms with van der Waals surface area (Å²) in [6.07, 6.45) is 1.14. The van der Waals surface area contributed by atoms with E-state index in [1.165, 1.54) is 0 Å². The first kappa shape index (κ1) is 10.1. The van der Waals surface area contributed by atoms with E-state index in [9.17, 15) is 4.57 Å². The van der Waals surface area contributed by atoms with Crippen LogP contribution in [0.5, 0.6) is 0 Å². The summed E-state index contributed by atoms with van der Waals surface area (Å²) in [5, 5.41) is 0. The van der Waals surface area contributed by atoms with Crippen LogP contribution in [-0.2, 0) is 13.7 Å². The quantitative estimate of drug-likeness (QED) is 0.498. The average molecular weight is 167 g/mol. The molecule has 0 heterocycles. The van der Waals surface area contributed by atoms with Gasteiger partial charge in [-0.15, -0.1) is 0 Å². The molecule has 0 aliphatic rings. The van der Waals surface area contributed by atoms with Crippen molar-refractivity contribution in [3.63, 3.8) is 0 Å². The Bertz CT molecular complexity index is 120. The summed E-state index contributed by atoms with van der Waals surface area (Å²) >= 11 is 0. The number of hydrogen-bond acceptors (Lipinski definition) is 4. The number of rotatable bonds is 5. The third-order valence-corrected chi connectivity index (χ3v) is 2.71. The molecule has 10 heavy (non-hydrogen) atoms. The Kier molecular flexibility index (Phi) is 4.91. The van der Waals surface area contributed by atoms with Crippen molar-refractivity contribution < 1.29 is 13.7 Å². The van der Waals surface area contributed by atoms with Gasteiger partial charge in [-0.25, -0.2) is 10.5 Å². The van der Waals surface area contributed by atoms with Gasteiger partial charge in [0, 0.05) is 6.16 Å². The van der Waals surface area contributed by atoms with Crippen molar-refractivity contribution in [2.75, 3.05) is 12.8 Å². The van der Waals surface area contributed by atoms with Crippen LogP contribution in [-0.4, -0.2) is 12.8 Å². The zero-order chi connectivity index (χ0) is 8.04. The molecule has 62 valence electrons. The fraction of sp³-hybridized carbons (Fsp3) is 1.00. The van der Waals surface area contributed by atoms with Crippen LogP contribution in [0.2, 0.25) is 0 Å². The summed E-state index contributed by atoms with van der Waals surface area (Å²) in [5.74, 6) is 4.77. The van der Waals surface area contributed by atoms with Crippen molar-refractivity contribution in [1.82, 2.24) is 0 Å². The van der Waals surface area contributed by atoms with Gasteiger partial charge < -0.3 is 4.52 Å². The van der Waals surface area contributed by atoms with E-state index in [0.717, 1.165) is 6.42 Å². The van der Waals surface area contributed by atoms with Gasteiger partial charge in [0.05, 0.1) is 6.61 Å². The molecule has 0 saturated carbocycles. The highest BCUT2D eigenvalue weighted by Crippen LogP contribution is 2.45. The zero-order valence-electron chi connectivity index (χ0n) is 6.37. The lowest BCUT2D eigenvalue weighted by Gasteiger charge is -2.11. The zero-order valence-corrected chi connectivity index (χ0v) is 7.27. The lowest BCUT2D eigenvalue weighted by atomic mass is 10.5. The Labute approximate surface area is 61.2 Å². The molecule has 1 atom stereocenters. The normalized spacial score (nSPS) is 16.7. The summed E-state index contributed by atoms with van der Waals surface area (Å²) in [7, 11) is -2.92. The van der Waals surface area contributed by atoms with Crippen molar-refractivity contribution in [1.29, 1.82) is 0 Å². The van der Waals surface area contributed by atoms with Crippen LogP contribution in [0.4, 0.5) is 0 Å². The molecule has 0 radical (unpaired) electrons. The smallest absolute Gasteiger partial charge is 0.308 e. The molecule has 0 aromatic heterocycles. The molecular weight excluding hydrogens is 153 g/mol. The van der Waals surface area contributed by atoms with Crippen LogP contribution >= 0.6 is 7.60 Å². The Morgan fingerprint density at radius 3 is 2.40 bits per heavy atom. The molecule has 0 spiro atoms. The highest BCUT2D eigenvalue weighted by molar-refractivity contribution is 7.53. The molecule has 0 aliphatic carbocycles. The molecule has 0 aromatic carbocycles. The van der Waals surface area contributed by atoms with Crippen LogP contribution in [0, 0.1) is 0 Å². The number of hydrogen-bond donors (Lipinski definition) is 1. The molecular formula is C5H14NO3P. The van der Waals surface area contributed by atoms with Crippen LogP contribution in [0.25, 0.3) is 0 Å². The van der Waals surface area contributed by atoms with Crippen LogP contribution in [0.15, 0.2) is 0 Å². The number of nitrogens with two attached hydrogens (primary N) is 1. The maximum absolute atomic E-state index is 11.1. The van der Waals surface area contributed by atoms with Crippen molar-refractivity contribution >= 4 is 7.60 Å². The molecule has 0 saturated heterocycles. The molecule has 0 aromatic rings. The Morgan fingerprint density at radius 1 is 1.50 bits per heavy atom. The monoisotopic (exact) mass is 167 g/mol. The van der Waals surface area contributed by atoms with Gasteiger partial charge in [0.2, 0.25) is 0 Å². The first-order chi connectivity index (χ1) is 4.68. The van der Waals surface area contributed by atoms with Gasteiger partial charge in [-0.2, -0.15) is 0 Å².